The molecule has 0 bridgehead atoms. The fourth-order valence-electron chi connectivity index (χ4n) is 6.19. The van der Waals surface area contributed by atoms with Crippen molar-refractivity contribution in [1.82, 2.24) is 9.88 Å². The van der Waals surface area contributed by atoms with Gasteiger partial charge in [-0.3, -0.25) is 9.59 Å². The Morgan fingerprint density at radius 3 is 2.45 bits per heavy atom. The number of pyridine rings is 1. The van der Waals surface area contributed by atoms with Gasteiger partial charge in [-0.25, -0.2) is 13.4 Å². The fourth-order valence-corrected chi connectivity index (χ4v) is 7.48. The summed E-state index contributed by atoms with van der Waals surface area (Å²) in [5, 5.41) is 7.20. The Bertz CT molecular complexity index is 1960. The van der Waals surface area contributed by atoms with Gasteiger partial charge in [0.1, 0.15) is 11.9 Å². The molecule has 2 amide bonds. The number of aromatic nitrogens is 1. The minimum absolute atomic E-state index is 0.0879. The summed E-state index contributed by atoms with van der Waals surface area (Å²) in [6.07, 6.45) is 2.77. The molecule has 0 spiro atoms. The van der Waals surface area contributed by atoms with Crippen molar-refractivity contribution >= 4 is 49.6 Å². The molecule has 1 fully saturated rings. The summed E-state index contributed by atoms with van der Waals surface area (Å²) in [5.74, 6) is 0.966. The summed E-state index contributed by atoms with van der Waals surface area (Å²) in [6, 6.07) is 16.3. The van der Waals surface area contributed by atoms with E-state index in [-0.39, 0.29) is 22.8 Å². The zero-order valence-electron chi connectivity index (χ0n) is 28.8. The van der Waals surface area contributed by atoms with Crippen LogP contribution in [0.3, 0.4) is 0 Å². The largest absolute Gasteiger partial charge is 0.490 e. The molecule has 1 saturated heterocycles. The first-order valence-electron chi connectivity index (χ1n) is 16.6. The molecule has 1 aliphatic heterocycles. The number of ether oxygens (including phenoxy) is 2. The molecule has 2 atom stereocenters. The smallest absolute Gasteiger partial charge is 0.250 e. The van der Waals surface area contributed by atoms with E-state index in [1.54, 1.807) is 43.1 Å². The van der Waals surface area contributed by atoms with E-state index in [2.05, 4.69) is 15.6 Å². The van der Waals surface area contributed by atoms with Gasteiger partial charge in [0.05, 0.1) is 28.9 Å². The molecule has 1 aromatic heterocycles. The molecule has 0 aliphatic carbocycles. The number of nitrogen functional groups attached to an aromatic ring is 1. The third kappa shape index (κ3) is 7.75. The van der Waals surface area contributed by atoms with Crippen molar-refractivity contribution in [2.45, 2.75) is 82.7 Å². The lowest BCUT2D eigenvalue weighted by atomic mass is 10.00. The van der Waals surface area contributed by atoms with Gasteiger partial charge in [0, 0.05) is 36.4 Å². The Balaban J connectivity index is 1.61. The second kappa shape index (κ2) is 14.7. The zero-order chi connectivity index (χ0) is 35.5. The van der Waals surface area contributed by atoms with Crippen molar-refractivity contribution < 1.29 is 27.5 Å². The van der Waals surface area contributed by atoms with E-state index in [0.717, 1.165) is 10.8 Å². The van der Waals surface area contributed by atoms with Gasteiger partial charge >= 0.3 is 0 Å². The van der Waals surface area contributed by atoms with E-state index < -0.39 is 27.2 Å². The number of benzene rings is 3. The second-order valence-corrected chi connectivity index (χ2v) is 15.2. The van der Waals surface area contributed by atoms with Crippen LogP contribution in [0.25, 0.3) is 10.8 Å². The van der Waals surface area contributed by atoms with E-state index in [9.17, 15) is 18.0 Å². The molecule has 5 rings (SSSR count). The number of sulfone groups is 1. The molecule has 260 valence electrons. The molecule has 12 heteroatoms. The van der Waals surface area contributed by atoms with E-state index >= 15 is 0 Å². The van der Waals surface area contributed by atoms with Crippen molar-refractivity contribution in [2.24, 2.45) is 0 Å². The molecule has 0 unspecified atom stereocenters. The predicted octanol–water partition coefficient (Wildman–Crippen LogP) is 6.66. The number of fused-ring (bicyclic) bond motifs is 1. The lowest BCUT2D eigenvalue weighted by Crippen LogP contribution is -2.38. The molecule has 4 N–H and O–H groups in total. The first kappa shape index (κ1) is 35.5. The number of nitrogens with zero attached hydrogens (tertiary/aromatic N) is 2. The maximum absolute atomic E-state index is 14.9. The Morgan fingerprint density at radius 2 is 1.76 bits per heavy atom. The van der Waals surface area contributed by atoms with Crippen molar-refractivity contribution in [1.29, 1.82) is 0 Å². The van der Waals surface area contributed by atoms with Crippen molar-refractivity contribution in [2.75, 3.05) is 29.5 Å². The van der Waals surface area contributed by atoms with Crippen LogP contribution >= 0.6 is 0 Å². The predicted molar refractivity (Wildman–Crippen MR) is 193 cm³/mol. The topological polar surface area (TPSA) is 153 Å². The minimum atomic E-state index is -3.72. The highest BCUT2D eigenvalue weighted by Gasteiger charge is 2.38. The quantitative estimate of drug-likeness (QED) is 0.148. The molecule has 11 nitrogen and oxygen atoms in total. The number of carbonyl (C=O) groups excluding carboxylic acids is 2. The van der Waals surface area contributed by atoms with Crippen molar-refractivity contribution in [3.8, 4) is 11.5 Å². The third-order valence-corrected chi connectivity index (χ3v) is 10.7. The number of carbonyl (C=O) groups is 2. The molecule has 49 heavy (non-hydrogen) atoms. The fraction of sp³-hybridized carbons (Fsp3) is 0.378. The maximum Gasteiger partial charge on any atom is 0.250 e. The van der Waals surface area contributed by atoms with Crippen molar-refractivity contribution in [3.63, 3.8) is 0 Å². The van der Waals surface area contributed by atoms with Gasteiger partial charge in [0.25, 0.3) is 0 Å². The van der Waals surface area contributed by atoms with E-state index in [0.29, 0.717) is 65.8 Å². The van der Waals surface area contributed by atoms with Crippen LogP contribution in [0.1, 0.15) is 77.6 Å². The van der Waals surface area contributed by atoms with Gasteiger partial charge in [0.15, 0.2) is 21.3 Å². The SMILES string of the molecule is CCOc1cc([C@@H](Nc2ccc3c(N)nccc3c2)C(=O)N2CCC[C@H]2c2cc(NC(C)=O)ccc2S(=O)(=O)C(C)C)ccc1OC(C)C. The van der Waals surface area contributed by atoms with Crippen LogP contribution in [0.2, 0.25) is 0 Å². The van der Waals surface area contributed by atoms with Crippen LogP contribution < -0.4 is 25.8 Å². The highest BCUT2D eigenvalue weighted by atomic mass is 32.2. The molecule has 4 aromatic rings. The highest BCUT2D eigenvalue weighted by Crippen LogP contribution is 2.41. The normalized spacial score (nSPS) is 15.4. The van der Waals surface area contributed by atoms with Gasteiger partial charge in [-0.2, -0.15) is 0 Å². The molecule has 0 radical (unpaired) electrons. The Labute approximate surface area is 288 Å². The highest BCUT2D eigenvalue weighted by molar-refractivity contribution is 7.92. The van der Waals surface area contributed by atoms with E-state index in [1.807, 2.05) is 57.2 Å². The summed E-state index contributed by atoms with van der Waals surface area (Å²) >= 11 is 0. The average Bonchev–Trinajstić information content (AvgIpc) is 3.54. The monoisotopic (exact) mass is 687 g/mol. The zero-order valence-corrected chi connectivity index (χ0v) is 29.6. The van der Waals surface area contributed by atoms with Crippen LogP contribution in [0, 0.1) is 0 Å². The lowest BCUT2D eigenvalue weighted by Gasteiger charge is -2.32. The summed E-state index contributed by atoms with van der Waals surface area (Å²) in [4.78, 5) is 32.9. The van der Waals surface area contributed by atoms with Crippen molar-refractivity contribution in [3.05, 3.63) is 78.0 Å². The molecule has 3 aromatic carbocycles. The van der Waals surface area contributed by atoms with Crippen LogP contribution in [-0.4, -0.2) is 54.6 Å². The van der Waals surface area contributed by atoms with Crippen LogP contribution in [-0.2, 0) is 19.4 Å². The van der Waals surface area contributed by atoms with Crippen LogP contribution in [0.15, 0.2) is 71.8 Å². The van der Waals surface area contributed by atoms with Crippen LogP contribution in [0.5, 0.6) is 11.5 Å². The number of likely N-dealkylation sites (tertiary alicyclic amines) is 1. The summed E-state index contributed by atoms with van der Waals surface area (Å²) < 4.78 is 39.2. The molecular weight excluding hydrogens is 643 g/mol. The second-order valence-electron chi connectivity index (χ2n) is 12.7. The number of hydrogen-bond donors (Lipinski definition) is 3. The molecule has 1 aliphatic rings. The van der Waals surface area contributed by atoms with Gasteiger partial charge < -0.3 is 30.7 Å². The summed E-state index contributed by atoms with van der Waals surface area (Å²) in [6.45, 7) is 11.2. The minimum Gasteiger partial charge on any atom is -0.490 e. The number of nitrogens with two attached hydrogens (primary N) is 1. The van der Waals surface area contributed by atoms with E-state index in [4.69, 9.17) is 15.2 Å². The maximum atomic E-state index is 14.9. The first-order valence-corrected chi connectivity index (χ1v) is 18.1. The van der Waals surface area contributed by atoms with E-state index in [1.165, 1.54) is 13.0 Å². The Kier molecular flexibility index (Phi) is 10.7. The lowest BCUT2D eigenvalue weighted by molar-refractivity contribution is -0.133. The Hall–Kier alpha value is -4.84. The standard InChI is InChI=1S/C37H45N5O6S/c1-7-47-33-20-26(10-14-32(33)48-22(2)3)35(41-27-11-13-29-25(19-27)16-17-39-36(29)38)37(44)42-18-8-9-31(42)30-21-28(40-24(6)43)12-15-34(30)49(45,46)23(4)5/h10-17,19-23,31,35,41H,7-9,18H2,1-6H3,(H2,38,39)(H,40,43)/t31-,35+/m0/s1. The summed E-state index contributed by atoms with van der Waals surface area (Å²) in [5.41, 5.74) is 8.38. The van der Waals surface area contributed by atoms with Gasteiger partial charge in [-0.05, 0) is 119 Å². The van der Waals surface area contributed by atoms with Gasteiger partial charge in [-0.1, -0.05) is 6.07 Å². The average molecular weight is 688 g/mol. The number of nitrogens with one attached hydrogen (secondary N) is 2. The molecular formula is C37H45N5O6S. The summed E-state index contributed by atoms with van der Waals surface area (Å²) in [7, 11) is -3.72. The number of anilines is 3. The Morgan fingerprint density at radius 1 is 1.00 bits per heavy atom. The van der Waals surface area contributed by atoms with Gasteiger partial charge in [0.2, 0.25) is 11.8 Å². The van der Waals surface area contributed by atoms with Crippen LogP contribution in [0.4, 0.5) is 17.2 Å². The number of amides is 2. The third-order valence-electron chi connectivity index (χ3n) is 8.47. The first-order chi connectivity index (χ1) is 23.3. The molecule has 2 heterocycles. The molecule has 0 saturated carbocycles. The number of hydrogen-bond acceptors (Lipinski definition) is 9. The number of rotatable bonds is 12. The van der Waals surface area contributed by atoms with Gasteiger partial charge in [-0.15, -0.1) is 0 Å².